The molecular formula is C14H16N4O2. The molecule has 0 aliphatic heterocycles. The fourth-order valence-corrected chi connectivity index (χ4v) is 1.71. The third-order valence-electron chi connectivity index (χ3n) is 2.90. The highest BCUT2D eigenvalue weighted by molar-refractivity contribution is 6.03. The molecule has 0 radical (unpaired) electrons. The van der Waals surface area contributed by atoms with Crippen LogP contribution in [0.15, 0.2) is 36.7 Å². The first-order chi connectivity index (χ1) is 9.56. The third-order valence-corrected chi connectivity index (χ3v) is 2.90. The molecule has 1 aromatic heterocycles. The van der Waals surface area contributed by atoms with Crippen LogP contribution in [0.3, 0.4) is 0 Å². The van der Waals surface area contributed by atoms with Crippen LogP contribution in [-0.4, -0.2) is 34.0 Å². The SMILES string of the molecule is CC(=O)N(C)Cc1cccc(NC(=O)c2cn[nH]c2)c1. The lowest BCUT2D eigenvalue weighted by Gasteiger charge is -2.15. The van der Waals surface area contributed by atoms with Crippen molar-refractivity contribution >= 4 is 17.5 Å². The van der Waals surface area contributed by atoms with E-state index in [1.165, 1.54) is 19.3 Å². The second-order valence-electron chi connectivity index (χ2n) is 4.52. The second kappa shape index (κ2) is 6.01. The number of hydrogen-bond donors (Lipinski definition) is 2. The van der Waals surface area contributed by atoms with E-state index in [0.29, 0.717) is 17.8 Å². The summed E-state index contributed by atoms with van der Waals surface area (Å²) < 4.78 is 0. The van der Waals surface area contributed by atoms with Gasteiger partial charge in [0.1, 0.15) is 0 Å². The Kier molecular flexibility index (Phi) is 4.14. The van der Waals surface area contributed by atoms with Crippen LogP contribution in [-0.2, 0) is 11.3 Å². The summed E-state index contributed by atoms with van der Waals surface area (Å²) in [6.45, 7) is 2.02. The maximum Gasteiger partial charge on any atom is 0.258 e. The lowest BCUT2D eigenvalue weighted by atomic mass is 10.2. The Balaban J connectivity index is 2.06. The molecule has 2 N–H and O–H groups in total. The minimum absolute atomic E-state index is 0.00200. The van der Waals surface area contributed by atoms with E-state index in [1.807, 2.05) is 18.2 Å². The normalized spacial score (nSPS) is 10.1. The number of nitrogens with one attached hydrogen (secondary N) is 2. The van der Waals surface area contributed by atoms with Crippen molar-refractivity contribution in [3.05, 3.63) is 47.8 Å². The minimum Gasteiger partial charge on any atom is -0.342 e. The molecule has 0 bridgehead atoms. The van der Waals surface area contributed by atoms with Crippen LogP contribution in [0.5, 0.6) is 0 Å². The van der Waals surface area contributed by atoms with Crippen molar-refractivity contribution in [2.45, 2.75) is 13.5 Å². The zero-order valence-electron chi connectivity index (χ0n) is 11.4. The summed E-state index contributed by atoms with van der Waals surface area (Å²) in [5.74, 6) is -0.228. The molecule has 0 atom stereocenters. The Morgan fingerprint density at radius 2 is 2.20 bits per heavy atom. The van der Waals surface area contributed by atoms with Gasteiger partial charge in [0.15, 0.2) is 0 Å². The summed E-state index contributed by atoms with van der Waals surface area (Å²) in [6, 6.07) is 7.40. The summed E-state index contributed by atoms with van der Waals surface area (Å²) in [5.41, 5.74) is 2.11. The van der Waals surface area contributed by atoms with Crippen LogP contribution in [0, 0.1) is 0 Å². The summed E-state index contributed by atoms with van der Waals surface area (Å²) in [7, 11) is 1.74. The summed E-state index contributed by atoms with van der Waals surface area (Å²) in [5, 5.41) is 9.11. The van der Waals surface area contributed by atoms with Crippen molar-refractivity contribution in [3.63, 3.8) is 0 Å². The molecule has 0 saturated carbocycles. The average Bonchev–Trinajstić information content (AvgIpc) is 2.92. The number of rotatable bonds is 4. The van der Waals surface area contributed by atoms with Gasteiger partial charge in [-0.1, -0.05) is 12.1 Å². The highest BCUT2D eigenvalue weighted by atomic mass is 16.2. The van der Waals surface area contributed by atoms with Gasteiger partial charge in [0.05, 0.1) is 11.8 Å². The maximum atomic E-state index is 11.9. The smallest absolute Gasteiger partial charge is 0.258 e. The topological polar surface area (TPSA) is 78.1 Å². The van der Waals surface area contributed by atoms with E-state index in [4.69, 9.17) is 0 Å². The molecule has 1 heterocycles. The van der Waals surface area contributed by atoms with Crippen LogP contribution >= 0.6 is 0 Å². The van der Waals surface area contributed by atoms with Crippen molar-refractivity contribution in [1.82, 2.24) is 15.1 Å². The molecular weight excluding hydrogens is 256 g/mol. The van der Waals surface area contributed by atoms with Crippen molar-refractivity contribution < 1.29 is 9.59 Å². The first kappa shape index (κ1) is 13.8. The predicted molar refractivity (Wildman–Crippen MR) is 75.1 cm³/mol. The van der Waals surface area contributed by atoms with E-state index < -0.39 is 0 Å². The molecule has 2 amide bonds. The highest BCUT2D eigenvalue weighted by Crippen LogP contribution is 2.13. The first-order valence-electron chi connectivity index (χ1n) is 6.17. The van der Waals surface area contributed by atoms with E-state index in [0.717, 1.165) is 5.56 Å². The van der Waals surface area contributed by atoms with Gasteiger partial charge < -0.3 is 10.2 Å². The van der Waals surface area contributed by atoms with Gasteiger partial charge in [0, 0.05) is 32.4 Å². The molecule has 0 unspecified atom stereocenters. The van der Waals surface area contributed by atoms with Crippen LogP contribution in [0.25, 0.3) is 0 Å². The van der Waals surface area contributed by atoms with Crippen molar-refractivity contribution in [3.8, 4) is 0 Å². The number of hydrogen-bond acceptors (Lipinski definition) is 3. The zero-order valence-corrected chi connectivity index (χ0v) is 11.4. The Bertz CT molecular complexity index is 607. The largest absolute Gasteiger partial charge is 0.342 e. The van der Waals surface area contributed by atoms with Crippen LogP contribution in [0.1, 0.15) is 22.8 Å². The minimum atomic E-state index is -0.226. The molecule has 6 heteroatoms. The third kappa shape index (κ3) is 3.44. The fraction of sp³-hybridized carbons (Fsp3) is 0.214. The summed E-state index contributed by atoms with van der Waals surface area (Å²) in [4.78, 5) is 24.7. The van der Waals surface area contributed by atoms with Crippen molar-refractivity contribution in [2.24, 2.45) is 0 Å². The van der Waals surface area contributed by atoms with Crippen LogP contribution in [0.4, 0.5) is 5.69 Å². The zero-order chi connectivity index (χ0) is 14.5. The number of carbonyl (C=O) groups excluding carboxylic acids is 2. The van der Waals surface area contributed by atoms with Crippen molar-refractivity contribution in [1.29, 1.82) is 0 Å². The lowest BCUT2D eigenvalue weighted by Crippen LogP contribution is -2.23. The van der Waals surface area contributed by atoms with E-state index in [2.05, 4.69) is 15.5 Å². The number of benzene rings is 1. The van der Waals surface area contributed by atoms with Crippen LogP contribution < -0.4 is 5.32 Å². The Hall–Kier alpha value is -2.63. The lowest BCUT2D eigenvalue weighted by molar-refractivity contribution is -0.128. The standard InChI is InChI=1S/C14H16N4O2/c1-10(19)18(2)9-11-4-3-5-13(6-11)17-14(20)12-7-15-16-8-12/h3-8H,9H2,1-2H3,(H,15,16)(H,17,20). The molecule has 0 spiro atoms. The van der Waals surface area contributed by atoms with Gasteiger partial charge in [-0.25, -0.2) is 0 Å². The van der Waals surface area contributed by atoms with Gasteiger partial charge >= 0.3 is 0 Å². The van der Waals surface area contributed by atoms with Gasteiger partial charge in [0.2, 0.25) is 5.91 Å². The highest BCUT2D eigenvalue weighted by Gasteiger charge is 2.08. The number of amides is 2. The molecule has 0 saturated heterocycles. The van der Waals surface area contributed by atoms with Gasteiger partial charge in [-0.3, -0.25) is 14.7 Å². The van der Waals surface area contributed by atoms with Gasteiger partial charge in [0.25, 0.3) is 5.91 Å². The fourth-order valence-electron chi connectivity index (χ4n) is 1.71. The van der Waals surface area contributed by atoms with Gasteiger partial charge in [-0.15, -0.1) is 0 Å². The van der Waals surface area contributed by atoms with E-state index in [1.54, 1.807) is 18.0 Å². The summed E-state index contributed by atoms with van der Waals surface area (Å²) >= 11 is 0. The monoisotopic (exact) mass is 272 g/mol. The summed E-state index contributed by atoms with van der Waals surface area (Å²) in [6.07, 6.45) is 2.99. The second-order valence-corrected chi connectivity index (χ2v) is 4.52. The van der Waals surface area contributed by atoms with Gasteiger partial charge in [-0.05, 0) is 17.7 Å². The molecule has 2 aromatic rings. The molecule has 104 valence electrons. The number of H-pyrrole nitrogens is 1. The van der Waals surface area contributed by atoms with Crippen molar-refractivity contribution in [2.75, 3.05) is 12.4 Å². The predicted octanol–water partition coefficient (Wildman–Crippen LogP) is 1.64. The van der Waals surface area contributed by atoms with Gasteiger partial charge in [-0.2, -0.15) is 5.10 Å². The molecule has 2 rings (SSSR count). The molecule has 20 heavy (non-hydrogen) atoms. The average molecular weight is 272 g/mol. The molecule has 0 aliphatic rings. The number of anilines is 1. The Morgan fingerprint density at radius 3 is 2.85 bits per heavy atom. The molecule has 6 nitrogen and oxygen atoms in total. The number of carbonyl (C=O) groups is 2. The number of nitrogens with zero attached hydrogens (tertiary/aromatic N) is 2. The Labute approximate surface area is 116 Å². The quantitative estimate of drug-likeness (QED) is 0.888. The van der Waals surface area contributed by atoms with E-state index in [9.17, 15) is 9.59 Å². The van der Waals surface area contributed by atoms with E-state index >= 15 is 0 Å². The molecule has 1 aromatic carbocycles. The van der Waals surface area contributed by atoms with Crippen LogP contribution in [0.2, 0.25) is 0 Å². The molecule has 0 fully saturated rings. The number of aromatic amines is 1. The molecule has 0 aliphatic carbocycles. The maximum absolute atomic E-state index is 11.9. The first-order valence-corrected chi connectivity index (χ1v) is 6.17. The number of aromatic nitrogens is 2. The Morgan fingerprint density at radius 1 is 1.40 bits per heavy atom. The van der Waals surface area contributed by atoms with E-state index in [-0.39, 0.29) is 11.8 Å².